The summed E-state index contributed by atoms with van der Waals surface area (Å²) in [5, 5.41) is 14.2. The lowest BCUT2D eigenvalue weighted by Gasteiger charge is -2.06. The van der Waals surface area contributed by atoms with Crippen LogP contribution in [0.5, 0.6) is 0 Å². The van der Waals surface area contributed by atoms with E-state index in [0.29, 0.717) is 11.1 Å². The van der Waals surface area contributed by atoms with Crippen molar-refractivity contribution < 1.29 is 9.63 Å². The van der Waals surface area contributed by atoms with Gasteiger partial charge in [-0.3, -0.25) is 0 Å². The minimum Gasteiger partial charge on any atom is -0.391 e. The number of hydrogen-bond acceptors (Lipinski definition) is 6. The van der Waals surface area contributed by atoms with Gasteiger partial charge in [0.15, 0.2) is 5.82 Å². The first-order chi connectivity index (χ1) is 7.84. The molecule has 0 aliphatic carbocycles. The van der Waals surface area contributed by atoms with Gasteiger partial charge in [-0.2, -0.15) is 28.5 Å². The van der Waals surface area contributed by atoms with Gasteiger partial charge in [0, 0.05) is 11.5 Å². The van der Waals surface area contributed by atoms with Gasteiger partial charge in [-0.1, -0.05) is 5.16 Å². The van der Waals surface area contributed by atoms with Crippen LogP contribution in [0.25, 0.3) is 0 Å². The second-order valence-electron chi connectivity index (χ2n) is 4.20. The largest absolute Gasteiger partial charge is 0.391 e. The Hall–Kier alpha value is -0.200. The molecule has 3 rings (SSSR count). The highest BCUT2D eigenvalue weighted by Crippen LogP contribution is 2.39. The molecule has 2 saturated heterocycles. The minimum atomic E-state index is -0.325. The smallest absolute Gasteiger partial charge is 0.233 e. The summed E-state index contributed by atoms with van der Waals surface area (Å²) >= 11 is 3.64. The molecule has 3 atom stereocenters. The third kappa shape index (κ3) is 1.98. The highest BCUT2D eigenvalue weighted by atomic mass is 32.2. The Bertz CT molecular complexity index is 365. The average Bonchev–Trinajstić information content (AvgIpc) is 2.96. The molecule has 0 saturated carbocycles. The van der Waals surface area contributed by atoms with E-state index >= 15 is 0 Å². The normalized spacial score (nSPS) is 34.7. The van der Waals surface area contributed by atoms with Gasteiger partial charge in [0.2, 0.25) is 5.89 Å². The molecular formula is C10H14N2O2S2. The summed E-state index contributed by atoms with van der Waals surface area (Å²) in [6.07, 6.45) is 2.06. The summed E-state index contributed by atoms with van der Waals surface area (Å²) in [5.41, 5.74) is 0. The number of aliphatic hydroxyl groups excluding tert-OH is 1. The van der Waals surface area contributed by atoms with Gasteiger partial charge in [-0.05, 0) is 18.6 Å². The first-order valence-corrected chi connectivity index (χ1v) is 7.76. The summed E-state index contributed by atoms with van der Waals surface area (Å²) in [4.78, 5) is 4.45. The first kappa shape index (κ1) is 10.9. The van der Waals surface area contributed by atoms with Crippen LogP contribution in [0.2, 0.25) is 0 Å². The van der Waals surface area contributed by atoms with E-state index in [1.165, 1.54) is 12.2 Å². The number of rotatable bonds is 2. The number of aliphatic hydroxyl groups is 1. The van der Waals surface area contributed by atoms with E-state index in [1.54, 1.807) is 11.8 Å². The molecule has 0 amide bonds. The lowest BCUT2D eigenvalue weighted by molar-refractivity contribution is 0.164. The van der Waals surface area contributed by atoms with Crippen LogP contribution >= 0.6 is 23.5 Å². The predicted octanol–water partition coefficient (Wildman–Crippen LogP) is 1.83. The van der Waals surface area contributed by atoms with Crippen LogP contribution in [0, 0.1) is 0 Å². The van der Waals surface area contributed by atoms with E-state index in [0.717, 1.165) is 23.8 Å². The number of thioether (sulfide) groups is 2. The van der Waals surface area contributed by atoms with Crippen molar-refractivity contribution in [3.05, 3.63) is 11.7 Å². The maximum absolute atomic E-state index is 9.76. The van der Waals surface area contributed by atoms with Gasteiger partial charge in [0.25, 0.3) is 0 Å². The molecule has 0 spiro atoms. The van der Waals surface area contributed by atoms with Crippen molar-refractivity contribution in [2.75, 3.05) is 17.3 Å². The van der Waals surface area contributed by atoms with Crippen LogP contribution in [-0.4, -0.2) is 38.6 Å². The van der Waals surface area contributed by atoms with Crippen LogP contribution < -0.4 is 0 Å². The zero-order chi connectivity index (χ0) is 11.0. The van der Waals surface area contributed by atoms with E-state index in [9.17, 15) is 5.11 Å². The fourth-order valence-corrected chi connectivity index (χ4v) is 4.51. The second-order valence-corrected chi connectivity index (χ2v) is 6.59. The summed E-state index contributed by atoms with van der Waals surface area (Å²) in [6.45, 7) is 0. The van der Waals surface area contributed by atoms with Crippen molar-refractivity contribution in [1.29, 1.82) is 0 Å². The molecule has 1 aromatic heterocycles. The summed E-state index contributed by atoms with van der Waals surface area (Å²) in [5.74, 6) is 4.34. The van der Waals surface area contributed by atoms with Crippen molar-refractivity contribution in [3.63, 3.8) is 0 Å². The molecule has 1 aromatic rings. The van der Waals surface area contributed by atoms with Crippen molar-refractivity contribution in [1.82, 2.24) is 10.1 Å². The number of hydrogen-bond donors (Lipinski definition) is 1. The Balaban J connectivity index is 1.76. The van der Waals surface area contributed by atoms with Crippen LogP contribution in [-0.2, 0) is 0 Å². The molecule has 3 unspecified atom stereocenters. The Kier molecular flexibility index (Phi) is 3.13. The molecule has 0 aromatic carbocycles. The van der Waals surface area contributed by atoms with E-state index < -0.39 is 0 Å². The third-order valence-corrected chi connectivity index (χ3v) is 5.59. The Morgan fingerprint density at radius 3 is 3.00 bits per heavy atom. The highest BCUT2D eigenvalue weighted by molar-refractivity contribution is 7.99. The number of aromatic nitrogens is 2. The highest BCUT2D eigenvalue weighted by Gasteiger charge is 2.33. The standard InChI is InChI=1S/C10H14N2O2S2/c13-7-5-15-4-6(7)10-11-9(12-14-10)8-2-1-3-16-8/h6-8,13H,1-5H2. The molecule has 2 aliphatic heterocycles. The van der Waals surface area contributed by atoms with E-state index in [4.69, 9.17) is 4.52 Å². The van der Waals surface area contributed by atoms with Crippen molar-refractivity contribution in [2.24, 2.45) is 0 Å². The van der Waals surface area contributed by atoms with Gasteiger partial charge < -0.3 is 9.63 Å². The monoisotopic (exact) mass is 258 g/mol. The molecule has 3 heterocycles. The van der Waals surface area contributed by atoms with Gasteiger partial charge in [0.1, 0.15) is 0 Å². The average molecular weight is 258 g/mol. The van der Waals surface area contributed by atoms with Gasteiger partial charge in [0.05, 0.1) is 17.3 Å². The topological polar surface area (TPSA) is 59.2 Å². The molecule has 4 nitrogen and oxygen atoms in total. The molecule has 6 heteroatoms. The molecule has 2 fully saturated rings. The SMILES string of the molecule is OC1CSCC1c1nc(C2CCCS2)no1. The van der Waals surface area contributed by atoms with Crippen molar-refractivity contribution in [3.8, 4) is 0 Å². The summed E-state index contributed by atoms with van der Waals surface area (Å²) in [7, 11) is 0. The Morgan fingerprint density at radius 1 is 1.38 bits per heavy atom. The van der Waals surface area contributed by atoms with Gasteiger partial charge >= 0.3 is 0 Å². The fraction of sp³-hybridized carbons (Fsp3) is 0.800. The lowest BCUT2D eigenvalue weighted by atomic mass is 10.1. The summed E-state index contributed by atoms with van der Waals surface area (Å²) in [6, 6.07) is 0. The Morgan fingerprint density at radius 2 is 2.31 bits per heavy atom. The number of nitrogens with zero attached hydrogens (tertiary/aromatic N) is 2. The molecule has 16 heavy (non-hydrogen) atoms. The predicted molar refractivity (Wildman–Crippen MR) is 64.8 cm³/mol. The maximum atomic E-state index is 9.76. The Labute approximate surface area is 103 Å². The fourth-order valence-electron chi connectivity index (χ4n) is 2.09. The lowest BCUT2D eigenvalue weighted by Crippen LogP contribution is -2.16. The third-order valence-electron chi connectivity index (χ3n) is 3.04. The minimum absolute atomic E-state index is 0.0395. The molecule has 2 aliphatic rings. The van der Waals surface area contributed by atoms with Crippen LogP contribution in [0.15, 0.2) is 4.52 Å². The molecular weight excluding hydrogens is 244 g/mol. The van der Waals surface area contributed by atoms with E-state index in [2.05, 4.69) is 10.1 Å². The molecule has 0 radical (unpaired) electrons. The van der Waals surface area contributed by atoms with E-state index in [-0.39, 0.29) is 12.0 Å². The maximum Gasteiger partial charge on any atom is 0.233 e. The van der Waals surface area contributed by atoms with Crippen molar-refractivity contribution >= 4 is 23.5 Å². The first-order valence-electron chi connectivity index (χ1n) is 5.55. The van der Waals surface area contributed by atoms with Crippen LogP contribution in [0.3, 0.4) is 0 Å². The molecule has 88 valence electrons. The van der Waals surface area contributed by atoms with Crippen LogP contribution in [0.4, 0.5) is 0 Å². The van der Waals surface area contributed by atoms with Gasteiger partial charge in [-0.15, -0.1) is 0 Å². The summed E-state index contributed by atoms with van der Waals surface area (Å²) < 4.78 is 5.28. The quantitative estimate of drug-likeness (QED) is 0.873. The molecule has 0 bridgehead atoms. The zero-order valence-corrected chi connectivity index (χ0v) is 10.5. The zero-order valence-electron chi connectivity index (χ0n) is 8.83. The van der Waals surface area contributed by atoms with E-state index in [1.807, 2.05) is 11.8 Å². The van der Waals surface area contributed by atoms with Gasteiger partial charge in [-0.25, -0.2) is 0 Å². The second kappa shape index (κ2) is 4.58. The van der Waals surface area contributed by atoms with Crippen molar-refractivity contribution in [2.45, 2.75) is 30.1 Å². The van der Waals surface area contributed by atoms with Crippen LogP contribution in [0.1, 0.15) is 35.7 Å². The molecule has 1 N–H and O–H groups in total.